The van der Waals surface area contributed by atoms with Gasteiger partial charge >= 0.3 is 0 Å². The molecule has 1 N–H and O–H groups in total. The first-order valence-electron chi connectivity index (χ1n) is 7.67. The summed E-state index contributed by atoms with van der Waals surface area (Å²) in [7, 11) is 0. The van der Waals surface area contributed by atoms with E-state index in [4.69, 9.17) is 17.0 Å². The highest BCUT2D eigenvalue weighted by Crippen LogP contribution is 2.66. The van der Waals surface area contributed by atoms with Gasteiger partial charge in [0.15, 0.2) is 0 Å². The normalized spacial score (nSPS) is 37.7. The van der Waals surface area contributed by atoms with Gasteiger partial charge in [-0.25, -0.2) is 0 Å². The fourth-order valence-electron chi connectivity index (χ4n) is 4.69. The lowest BCUT2D eigenvalue weighted by molar-refractivity contribution is -0.134. The molecular formula is C16H22BrNO3S. The van der Waals surface area contributed by atoms with Crippen LogP contribution in [0, 0.1) is 11.3 Å². The fourth-order valence-corrected chi connectivity index (χ4v) is 5.72. The lowest BCUT2D eigenvalue weighted by Crippen LogP contribution is -2.59. The van der Waals surface area contributed by atoms with Gasteiger partial charge in [0.25, 0.3) is 5.17 Å². The number of hydrogen-bond donors (Lipinski definition) is 1. The van der Waals surface area contributed by atoms with Crippen molar-refractivity contribution in [3.05, 3.63) is 12.2 Å². The van der Waals surface area contributed by atoms with E-state index in [0.29, 0.717) is 11.5 Å². The van der Waals surface area contributed by atoms with Crippen molar-refractivity contribution in [3.63, 3.8) is 0 Å². The molecule has 1 aliphatic heterocycles. The molecular weight excluding hydrogens is 366 g/mol. The average molecular weight is 388 g/mol. The van der Waals surface area contributed by atoms with Crippen molar-refractivity contribution in [1.29, 1.82) is 0 Å². The van der Waals surface area contributed by atoms with Crippen LogP contribution < -0.4 is 0 Å². The van der Waals surface area contributed by atoms with Gasteiger partial charge in [0, 0.05) is 0 Å². The number of ether oxygens (including phenoxy) is 1. The maximum Gasteiger partial charge on any atom is 0.267 e. The molecule has 2 aliphatic carbocycles. The Bertz CT molecular complexity index is 564. The standard InChI is InChI=1S/C16H22BrNO3S/c1-8(2)12(19)11(17)13(20)18-14(22)21-10-7-9-5-6-16(10,18)15(9,3)4/h9-12,19H,1,5-7H2,2-4H3/t9-,10-,11-,12+,16-/m1/s1. The van der Waals surface area contributed by atoms with Crippen LogP contribution in [0.15, 0.2) is 12.2 Å². The number of thiocarbonyl (C=S) groups is 1. The Hall–Kier alpha value is -0.460. The molecule has 5 atom stereocenters. The number of carbonyl (C=O) groups excluding carboxylic acids is 1. The number of carbonyl (C=O) groups is 1. The lowest BCUT2D eigenvalue weighted by Gasteiger charge is -2.43. The fraction of sp³-hybridized carbons (Fsp3) is 0.750. The van der Waals surface area contributed by atoms with Gasteiger partial charge in [-0.1, -0.05) is 41.9 Å². The summed E-state index contributed by atoms with van der Waals surface area (Å²) in [5.41, 5.74) is 0.145. The maximum atomic E-state index is 13.0. The van der Waals surface area contributed by atoms with Crippen molar-refractivity contribution in [1.82, 2.24) is 4.90 Å². The molecule has 1 saturated heterocycles. The Labute approximate surface area is 145 Å². The highest BCUT2D eigenvalue weighted by molar-refractivity contribution is 9.10. The number of rotatable bonds is 3. The first-order valence-corrected chi connectivity index (χ1v) is 8.99. The molecule has 1 spiro atoms. The number of amides is 1. The van der Waals surface area contributed by atoms with Gasteiger partial charge in [-0.05, 0) is 49.7 Å². The van der Waals surface area contributed by atoms with E-state index >= 15 is 0 Å². The molecule has 122 valence electrons. The van der Waals surface area contributed by atoms with Gasteiger partial charge in [-0.15, -0.1) is 0 Å². The summed E-state index contributed by atoms with van der Waals surface area (Å²) in [6.45, 7) is 9.85. The molecule has 22 heavy (non-hydrogen) atoms. The molecule has 3 aliphatic rings. The Balaban J connectivity index is 1.97. The summed E-state index contributed by atoms with van der Waals surface area (Å²) in [6.07, 6.45) is 2.00. The first kappa shape index (κ1) is 16.4. The van der Waals surface area contributed by atoms with Gasteiger partial charge < -0.3 is 9.84 Å². The molecule has 1 heterocycles. The van der Waals surface area contributed by atoms with Crippen molar-refractivity contribution in [2.45, 2.75) is 62.6 Å². The summed E-state index contributed by atoms with van der Waals surface area (Å²) in [5.74, 6) is 0.328. The summed E-state index contributed by atoms with van der Waals surface area (Å²) in [5, 5.41) is 10.4. The average Bonchev–Trinajstić information content (AvgIpc) is 2.96. The Kier molecular flexibility index (Phi) is 3.74. The van der Waals surface area contributed by atoms with E-state index in [0.717, 1.165) is 19.3 Å². The zero-order chi connectivity index (χ0) is 16.4. The number of hydrogen-bond acceptors (Lipinski definition) is 4. The quantitative estimate of drug-likeness (QED) is 0.459. The van der Waals surface area contributed by atoms with Crippen LogP contribution in [0.3, 0.4) is 0 Å². The second-order valence-corrected chi connectivity index (χ2v) is 8.69. The minimum absolute atomic E-state index is 0.0145. The smallest absolute Gasteiger partial charge is 0.267 e. The van der Waals surface area contributed by atoms with E-state index in [1.807, 2.05) is 0 Å². The number of aliphatic hydroxyl groups is 1. The number of halogens is 1. The third-order valence-corrected chi connectivity index (χ3v) is 7.28. The second-order valence-electron chi connectivity index (χ2n) is 7.36. The molecule has 1 amide bonds. The number of aliphatic hydroxyl groups excluding tert-OH is 1. The van der Waals surface area contributed by atoms with E-state index in [9.17, 15) is 9.90 Å². The van der Waals surface area contributed by atoms with Crippen molar-refractivity contribution in [2.75, 3.05) is 0 Å². The monoisotopic (exact) mass is 387 g/mol. The highest BCUT2D eigenvalue weighted by atomic mass is 79.9. The molecule has 2 saturated carbocycles. The van der Waals surface area contributed by atoms with Crippen LogP contribution in [-0.2, 0) is 9.53 Å². The van der Waals surface area contributed by atoms with Gasteiger partial charge in [0.1, 0.15) is 10.9 Å². The van der Waals surface area contributed by atoms with Gasteiger partial charge in [-0.3, -0.25) is 9.69 Å². The SMILES string of the molecule is C=C(C)[C@H](O)[C@@H](Br)C(=O)N1C(=S)O[C@@H]2C[C@H]3CC[C@]21C3(C)C. The molecule has 0 unspecified atom stereocenters. The van der Waals surface area contributed by atoms with E-state index in [-0.39, 0.29) is 28.1 Å². The van der Waals surface area contributed by atoms with Crippen LogP contribution >= 0.6 is 28.1 Å². The maximum absolute atomic E-state index is 13.0. The van der Waals surface area contributed by atoms with Crippen LogP contribution in [0.5, 0.6) is 0 Å². The van der Waals surface area contributed by atoms with Crippen LogP contribution in [0.2, 0.25) is 0 Å². The second kappa shape index (κ2) is 5.02. The molecule has 2 bridgehead atoms. The van der Waals surface area contributed by atoms with E-state index in [1.54, 1.807) is 11.8 Å². The minimum atomic E-state index is -0.938. The molecule has 0 aromatic heterocycles. The zero-order valence-electron chi connectivity index (χ0n) is 13.1. The lowest BCUT2D eigenvalue weighted by atomic mass is 9.74. The van der Waals surface area contributed by atoms with Crippen LogP contribution in [0.25, 0.3) is 0 Å². The van der Waals surface area contributed by atoms with Gasteiger partial charge in [-0.2, -0.15) is 0 Å². The third kappa shape index (κ3) is 1.83. The first-order chi connectivity index (χ1) is 10.1. The molecule has 6 heteroatoms. The molecule has 0 radical (unpaired) electrons. The Morgan fingerprint density at radius 1 is 1.59 bits per heavy atom. The van der Waals surface area contributed by atoms with E-state index in [2.05, 4.69) is 36.4 Å². The largest absolute Gasteiger partial charge is 0.465 e. The summed E-state index contributed by atoms with van der Waals surface area (Å²) in [4.78, 5) is 13.9. The van der Waals surface area contributed by atoms with Crippen molar-refractivity contribution in [3.8, 4) is 0 Å². The number of alkyl halides is 1. The Morgan fingerprint density at radius 2 is 2.23 bits per heavy atom. The summed E-state index contributed by atoms with van der Waals surface area (Å²) in [6, 6.07) is 0. The molecule has 0 aromatic carbocycles. The molecule has 3 fully saturated rings. The van der Waals surface area contributed by atoms with Crippen LogP contribution in [-0.4, -0.2) is 43.7 Å². The topological polar surface area (TPSA) is 49.8 Å². The highest BCUT2D eigenvalue weighted by Gasteiger charge is 2.73. The molecule has 3 rings (SSSR count). The van der Waals surface area contributed by atoms with Crippen molar-refractivity contribution in [2.24, 2.45) is 11.3 Å². The van der Waals surface area contributed by atoms with Crippen LogP contribution in [0.1, 0.15) is 40.0 Å². The minimum Gasteiger partial charge on any atom is -0.465 e. The predicted octanol–water partition coefficient (Wildman–Crippen LogP) is 2.78. The van der Waals surface area contributed by atoms with E-state index in [1.165, 1.54) is 0 Å². The van der Waals surface area contributed by atoms with Crippen LogP contribution in [0.4, 0.5) is 0 Å². The summed E-state index contributed by atoms with van der Waals surface area (Å²) >= 11 is 8.69. The molecule has 0 aromatic rings. The van der Waals surface area contributed by atoms with Crippen molar-refractivity contribution < 1.29 is 14.6 Å². The van der Waals surface area contributed by atoms with Crippen molar-refractivity contribution >= 4 is 39.2 Å². The van der Waals surface area contributed by atoms with E-state index < -0.39 is 10.9 Å². The van der Waals surface area contributed by atoms with Gasteiger partial charge in [0.2, 0.25) is 5.91 Å². The molecule has 4 nitrogen and oxygen atoms in total. The zero-order valence-corrected chi connectivity index (χ0v) is 15.5. The third-order valence-electron chi connectivity index (χ3n) is 6.10. The van der Waals surface area contributed by atoms with Gasteiger partial charge in [0.05, 0.1) is 11.6 Å². The predicted molar refractivity (Wildman–Crippen MR) is 91.7 cm³/mol. The summed E-state index contributed by atoms with van der Waals surface area (Å²) < 4.78 is 5.88. The number of nitrogens with zero attached hydrogens (tertiary/aromatic N) is 1. The number of fused-ring (bicyclic) bond motifs is 1. The Morgan fingerprint density at radius 3 is 2.77 bits per heavy atom.